The van der Waals surface area contributed by atoms with Crippen LogP contribution in [0.2, 0.25) is 5.02 Å². The summed E-state index contributed by atoms with van der Waals surface area (Å²) in [7, 11) is 0. The van der Waals surface area contributed by atoms with Gasteiger partial charge in [0.05, 0.1) is 12.4 Å². The van der Waals surface area contributed by atoms with Crippen LogP contribution in [0.4, 0.5) is 0 Å². The molecular formula is C19H16ClN5O. The lowest BCUT2D eigenvalue weighted by Crippen LogP contribution is -2.29. The Kier molecular flexibility index (Phi) is 3.46. The Morgan fingerprint density at radius 1 is 1.23 bits per heavy atom. The first-order valence-electron chi connectivity index (χ1n) is 8.54. The van der Waals surface area contributed by atoms with Crippen molar-refractivity contribution in [2.45, 2.75) is 12.5 Å². The van der Waals surface area contributed by atoms with E-state index in [1.165, 1.54) is 0 Å². The number of amides is 1. The number of hydrogen-bond acceptors (Lipinski definition) is 3. The molecule has 5 rings (SSSR count). The van der Waals surface area contributed by atoms with E-state index in [2.05, 4.69) is 19.5 Å². The van der Waals surface area contributed by atoms with Crippen LogP contribution in [0.1, 0.15) is 23.0 Å². The van der Waals surface area contributed by atoms with Crippen LogP contribution in [0.3, 0.4) is 0 Å². The average Bonchev–Trinajstić information content (AvgIpc) is 3.37. The number of likely N-dealkylation sites (tertiary alicyclic amines) is 1. The Bertz CT molecular complexity index is 1130. The molecule has 0 unspecified atom stereocenters. The molecule has 3 aromatic heterocycles. The van der Waals surface area contributed by atoms with E-state index in [4.69, 9.17) is 11.6 Å². The molecule has 6 nitrogen and oxygen atoms in total. The minimum absolute atomic E-state index is 0.0113. The van der Waals surface area contributed by atoms with E-state index in [1.807, 2.05) is 47.6 Å². The third kappa shape index (κ3) is 2.45. The first-order valence-corrected chi connectivity index (χ1v) is 8.92. The predicted molar refractivity (Wildman–Crippen MR) is 100 cm³/mol. The van der Waals surface area contributed by atoms with Crippen molar-refractivity contribution in [3.05, 3.63) is 59.6 Å². The second-order valence-electron chi connectivity index (χ2n) is 6.61. The lowest BCUT2D eigenvalue weighted by molar-refractivity contribution is 0.0783. The van der Waals surface area contributed by atoms with E-state index >= 15 is 0 Å². The molecule has 1 aliphatic rings. The maximum absolute atomic E-state index is 12.9. The van der Waals surface area contributed by atoms with Crippen molar-refractivity contribution >= 4 is 39.6 Å². The molecular weight excluding hydrogens is 350 g/mol. The molecule has 1 fully saturated rings. The highest BCUT2D eigenvalue weighted by Gasteiger charge is 2.29. The molecule has 1 atom stereocenters. The number of halogens is 1. The van der Waals surface area contributed by atoms with E-state index in [1.54, 1.807) is 6.20 Å². The summed E-state index contributed by atoms with van der Waals surface area (Å²) in [5, 5.41) is 1.61. The van der Waals surface area contributed by atoms with Crippen molar-refractivity contribution < 1.29 is 4.79 Å². The third-order valence-electron chi connectivity index (χ3n) is 4.99. The fraction of sp³-hybridized carbons (Fsp3) is 0.211. The number of benzene rings is 1. The smallest absolute Gasteiger partial charge is 0.270 e. The summed E-state index contributed by atoms with van der Waals surface area (Å²) in [5.74, 6) is 0.0113. The Labute approximate surface area is 154 Å². The minimum atomic E-state index is 0.0113. The fourth-order valence-corrected chi connectivity index (χ4v) is 3.86. The number of imidazole rings is 1. The van der Waals surface area contributed by atoms with Crippen LogP contribution in [-0.2, 0) is 0 Å². The monoisotopic (exact) mass is 365 g/mol. The first-order chi connectivity index (χ1) is 12.7. The highest BCUT2D eigenvalue weighted by atomic mass is 35.5. The average molecular weight is 366 g/mol. The molecule has 1 N–H and O–H groups in total. The maximum atomic E-state index is 12.9. The summed E-state index contributed by atoms with van der Waals surface area (Å²) in [6.07, 6.45) is 4.48. The summed E-state index contributed by atoms with van der Waals surface area (Å²) >= 11 is 6.03. The van der Waals surface area contributed by atoms with Gasteiger partial charge in [-0.3, -0.25) is 4.79 Å². The van der Waals surface area contributed by atoms with Gasteiger partial charge in [-0.15, -0.1) is 0 Å². The lowest BCUT2D eigenvalue weighted by Gasteiger charge is -2.16. The van der Waals surface area contributed by atoms with Gasteiger partial charge in [-0.25, -0.2) is 9.97 Å². The zero-order chi connectivity index (χ0) is 17.7. The van der Waals surface area contributed by atoms with Crippen LogP contribution < -0.4 is 0 Å². The number of H-pyrrole nitrogens is 1. The van der Waals surface area contributed by atoms with E-state index in [9.17, 15) is 4.79 Å². The van der Waals surface area contributed by atoms with Gasteiger partial charge in [0.15, 0.2) is 5.65 Å². The highest BCUT2D eigenvalue weighted by Crippen LogP contribution is 2.27. The molecule has 4 aromatic rings. The number of fused-ring (bicyclic) bond motifs is 2. The van der Waals surface area contributed by atoms with Crippen LogP contribution in [-0.4, -0.2) is 43.4 Å². The predicted octanol–water partition coefficient (Wildman–Crippen LogP) is 3.65. The molecule has 0 aliphatic carbocycles. The van der Waals surface area contributed by atoms with Gasteiger partial charge in [0.1, 0.15) is 11.2 Å². The number of hydrogen-bond donors (Lipinski definition) is 1. The van der Waals surface area contributed by atoms with Crippen molar-refractivity contribution in [2.24, 2.45) is 0 Å². The molecule has 1 aromatic carbocycles. The number of carbonyl (C=O) groups excluding carboxylic acids is 1. The second kappa shape index (κ2) is 5.85. The van der Waals surface area contributed by atoms with Crippen LogP contribution in [0.5, 0.6) is 0 Å². The van der Waals surface area contributed by atoms with Gasteiger partial charge >= 0.3 is 0 Å². The lowest BCUT2D eigenvalue weighted by atomic mass is 10.2. The van der Waals surface area contributed by atoms with Gasteiger partial charge in [0, 0.05) is 35.2 Å². The molecule has 1 aliphatic heterocycles. The number of rotatable bonds is 2. The van der Waals surface area contributed by atoms with Gasteiger partial charge in [-0.05, 0) is 42.8 Å². The molecule has 1 saturated heterocycles. The Morgan fingerprint density at radius 2 is 2.15 bits per heavy atom. The van der Waals surface area contributed by atoms with Crippen LogP contribution in [0, 0.1) is 0 Å². The number of aromatic nitrogens is 4. The SMILES string of the molecule is O=C(c1cc2cc(Cl)ccc2[nH]1)N1CC[C@H](n2cnc3cccnc32)C1. The van der Waals surface area contributed by atoms with Crippen LogP contribution in [0.15, 0.2) is 48.9 Å². The first kappa shape index (κ1) is 15.4. The Morgan fingerprint density at radius 3 is 3.08 bits per heavy atom. The number of nitrogens with one attached hydrogen (secondary N) is 1. The summed E-state index contributed by atoms with van der Waals surface area (Å²) < 4.78 is 2.08. The van der Waals surface area contributed by atoms with E-state index in [0.717, 1.165) is 28.5 Å². The zero-order valence-corrected chi connectivity index (χ0v) is 14.6. The Hall–Kier alpha value is -2.86. The van der Waals surface area contributed by atoms with Gasteiger partial charge in [-0.1, -0.05) is 11.6 Å². The van der Waals surface area contributed by atoms with Crippen molar-refractivity contribution in [2.75, 3.05) is 13.1 Å². The van der Waals surface area contributed by atoms with E-state index in [0.29, 0.717) is 23.8 Å². The van der Waals surface area contributed by atoms with Gasteiger partial charge in [0.25, 0.3) is 5.91 Å². The molecule has 1 amide bonds. The van der Waals surface area contributed by atoms with Crippen LogP contribution in [0.25, 0.3) is 22.1 Å². The number of carbonyl (C=O) groups is 1. The summed E-state index contributed by atoms with van der Waals surface area (Å²) in [6.45, 7) is 1.36. The maximum Gasteiger partial charge on any atom is 0.270 e. The quantitative estimate of drug-likeness (QED) is 0.589. The van der Waals surface area contributed by atoms with E-state index < -0.39 is 0 Å². The number of aromatic amines is 1. The fourth-order valence-electron chi connectivity index (χ4n) is 3.68. The third-order valence-corrected chi connectivity index (χ3v) is 5.22. The van der Waals surface area contributed by atoms with Crippen LogP contribution >= 0.6 is 11.6 Å². The molecule has 4 heterocycles. The summed E-state index contributed by atoms with van der Waals surface area (Å²) in [5.41, 5.74) is 3.26. The summed E-state index contributed by atoms with van der Waals surface area (Å²) in [6, 6.07) is 11.5. The largest absolute Gasteiger partial charge is 0.351 e. The Balaban J connectivity index is 1.40. The topological polar surface area (TPSA) is 66.8 Å². The molecule has 7 heteroatoms. The molecule has 0 bridgehead atoms. The molecule has 26 heavy (non-hydrogen) atoms. The van der Waals surface area contributed by atoms with Crippen molar-refractivity contribution in [3.8, 4) is 0 Å². The molecule has 0 radical (unpaired) electrons. The minimum Gasteiger partial charge on any atom is -0.351 e. The molecule has 0 spiro atoms. The van der Waals surface area contributed by atoms with E-state index in [-0.39, 0.29) is 11.9 Å². The number of nitrogens with zero attached hydrogens (tertiary/aromatic N) is 4. The van der Waals surface area contributed by atoms with Crippen molar-refractivity contribution in [3.63, 3.8) is 0 Å². The molecule has 130 valence electrons. The van der Waals surface area contributed by atoms with Gasteiger partial charge < -0.3 is 14.5 Å². The second-order valence-corrected chi connectivity index (χ2v) is 7.04. The van der Waals surface area contributed by atoms with Gasteiger partial charge in [-0.2, -0.15) is 0 Å². The number of pyridine rings is 1. The zero-order valence-electron chi connectivity index (χ0n) is 13.9. The van der Waals surface area contributed by atoms with Crippen molar-refractivity contribution in [1.29, 1.82) is 0 Å². The molecule has 0 saturated carbocycles. The van der Waals surface area contributed by atoms with Crippen molar-refractivity contribution in [1.82, 2.24) is 24.4 Å². The highest BCUT2D eigenvalue weighted by molar-refractivity contribution is 6.31. The normalized spacial score (nSPS) is 17.4. The van der Waals surface area contributed by atoms with Gasteiger partial charge in [0.2, 0.25) is 0 Å². The standard InChI is InChI=1S/C19H16ClN5O/c20-13-3-4-15-12(8-13)9-17(23-15)19(26)24-7-5-14(10-24)25-11-22-16-2-1-6-21-18(16)25/h1-4,6,8-9,11,14,23H,5,7,10H2/t14-/m0/s1. The summed E-state index contributed by atoms with van der Waals surface area (Å²) in [4.78, 5) is 26.8.